The van der Waals surface area contributed by atoms with E-state index < -0.39 is 6.10 Å². The Morgan fingerprint density at radius 2 is 2.31 bits per heavy atom. The highest BCUT2D eigenvalue weighted by molar-refractivity contribution is 9.10. The van der Waals surface area contributed by atoms with Crippen LogP contribution in [0.1, 0.15) is 11.7 Å². The van der Waals surface area contributed by atoms with Crippen LogP contribution < -0.4 is 4.74 Å². The number of benzene rings is 1. The fourth-order valence-corrected chi connectivity index (χ4v) is 1.86. The van der Waals surface area contributed by atoms with Crippen molar-refractivity contribution in [1.82, 2.24) is 0 Å². The number of methoxy groups -OCH3 is 1. The van der Waals surface area contributed by atoms with Crippen molar-refractivity contribution in [2.24, 2.45) is 0 Å². The smallest absolute Gasteiger partial charge is 0.125 e. The van der Waals surface area contributed by atoms with E-state index >= 15 is 0 Å². The molecule has 1 aromatic carbocycles. The quantitative estimate of drug-likeness (QED) is 0.852. The lowest BCUT2D eigenvalue weighted by Gasteiger charge is -2.13. The first-order chi connectivity index (χ1) is 6.20. The highest BCUT2D eigenvalue weighted by Crippen LogP contribution is 2.32. The van der Waals surface area contributed by atoms with Crippen LogP contribution in [0, 0.1) is 0 Å². The summed E-state index contributed by atoms with van der Waals surface area (Å²) in [5.41, 5.74) is 0.694. The van der Waals surface area contributed by atoms with Crippen LogP contribution in [-0.4, -0.2) is 18.1 Å². The molecule has 0 aliphatic rings. The van der Waals surface area contributed by atoms with Crippen molar-refractivity contribution in [2.45, 2.75) is 6.10 Å². The molecule has 72 valence electrons. The normalized spacial score (nSPS) is 12.6. The fraction of sp³-hybridized carbons (Fsp3) is 0.333. The van der Waals surface area contributed by atoms with E-state index in [2.05, 4.69) is 15.9 Å². The molecule has 13 heavy (non-hydrogen) atoms. The Morgan fingerprint density at radius 3 is 2.85 bits per heavy atom. The highest BCUT2D eigenvalue weighted by Gasteiger charge is 2.15. The van der Waals surface area contributed by atoms with Gasteiger partial charge in [0.1, 0.15) is 5.75 Å². The van der Waals surface area contributed by atoms with Gasteiger partial charge in [0.05, 0.1) is 19.1 Å². The Bertz CT molecular complexity index is 291. The molecule has 0 spiro atoms. The second-order valence-corrected chi connectivity index (χ2v) is 3.69. The topological polar surface area (TPSA) is 29.5 Å². The maximum absolute atomic E-state index is 9.58. The Labute approximate surface area is 90.6 Å². The van der Waals surface area contributed by atoms with Crippen LogP contribution >= 0.6 is 27.5 Å². The molecule has 0 bridgehead atoms. The second-order valence-electron chi connectivity index (χ2n) is 2.53. The van der Waals surface area contributed by atoms with Gasteiger partial charge in [0.15, 0.2) is 0 Å². The molecule has 1 unspecified atom stereocenters. The number of alkyl halides is 1. The molecule has 0 fully saturated rings. The summed E-state index contributed by atoms with van der Waals surface area (Å²) >= 11 is 8.89. The Hall–Kier alpha value is -0.250. The molecule has 1 atom stereocenters. The van der Waals surface area contributed by atoms with Crippen LogP contribution in [0.4, 0.5) is 0 Å². The summed E-state index contributed by atoms with van der Waals surface area (Å²) in [4.78, 5) is 0. The second kappa shape index (κ2) is 4.84. The van der Waals surface area contributed by atoms with Crippen LogP contribution in [-0.2, 0) is 0 Å². The molecular formula is C9H10BrClO2. The van der Waals surface area contributed by atoms with E-state index in [4.69, 9.17) is 16.3 Å². The monoisotopic (exact) mass is 264 g/mol. The van der Waals surface area contributed by atoms with Crippen molar-refractivity contribution >= 4 is 27.5 Å². The van der Waals surface area contributed by atoms with E-state index in [0.29, 0.717) is 11.3 Å². The van der Waals surface area contributed by atoms with Gasteiger partial charge in [0, 0.05) is 10.0 Å². The van der Waals surface area contributed by atoms with Crippen LogP contribution in [0.2, 0.25) is 0 Å². The predicted octanol–water partition coefficient (Wildman–Crippen LogP) is 2.73. The Kier molecular flexibility index (Phi) is 4.03. The highest BCUT2D eigenvalue weighted by atomic mass is 79.9. The number of aliphatic hydroxyl groups is 1. The molecule has 0 radical (unpaired) electrons. The summed E-state index contributed by atoms with van der Waals surface area (Å²) < 4.78 is 5.91. The zero-order valence-electron chi connectivity index (χ0n) is 7.13. The number of hydrogen-bond donors (Lipinski definition) is 1. The van der Waals surface area contributed by atoms with Gasteiger partial charge in [-0.1, -0.05) is 22.0 Å². The van der Waals surface area contributed by atoms with Crippen molar-refractivity contribution < 1.29 is 9.84 Å². The average Bonchev–Trinajstić information content (AvgIpc) is 2.16. The lowest BCUT2D eigenvalue weighted by Crippen LogP contribution is -2.02. The van der Waals surface area contributed by atoms with Gasteiger partial charge in [-0.25, -0.2) is 0 Å². The minimum Gasteiger partial charge on any atom is -0.496 e. The molecule has 0 aliphatic carbocycles. The van der Waals surface area contributed by atoms with Crippen molar-refractivity contribution in [3.05, 3.63) is 28.2 Å². The van der Waals surface area contributed by atoms with E-state index in [-0.39, 0.29) is 5.88 Å². The van der Waals surface area contributed by atoms with Crippen LogP contribution in [0.25, 0.3) is 0 Å². The van der Waals surface area contributed by atoms with Gasteiger partial charge in [0.25, 0.3) is 0 Å². The first kappa shape index (κ1) is 10.8. The summed E-state index contributed by atoms with van der Waals surface area (Å²) in [6.45, 7) is 0. The number of hydrogen-bond acceptors (Lipinski definition) is 2. The van der Waals surface area contributed by atoms with E-state index in [1.807, 2.05) is 12.1 Å². The number of halogens is 2. The molecule has 2 nitrogen and oxygen atoms in total. The molecule has 0 heterocycles. The molecule has 1 rings (SSSR count). The van der Waals surface area contributed by atoms with Gasteiger partial charge in [0.2, 0.25) is 0 Å². The summed E-state index contributed by atoms with van der Waals surface area (Å²) in [7, 11) is 1.56. The first-order valence-corrected chi connectivity index (χ1v) is 5.10. The molecule has 0 saturated carbocycles. The van der Waals surface area contributed by atoms with Crippen molar-refractivity contribution in [1.29, 1.82) is 0 Å². The molecule has 0 aliphatic heterocycles. The van der Waals surface area contributed by atoms with Gasteiger partial charge < -0.3 is 9.84 Å². The largest absolute Gasteiger partial charge is 0.496 e. The lowest BCUT2D eigenvalue weighted by atomic mass is 10.1. The minimum atomic E-state index is -0.702. The van der Waals surface area contributed by atoms with Crippen molar-refractivity contribution in [2.75, 3.05) is 13.0 Å². The SMILES string of the molecule is COc1cccc(Br)c1C(O)CCl. The lowest BCUT2D eigenvalue weighted by molar-refractivity contribution is 0.196. The first-order valence-electron chi connectivity index (χ1n) is 3.77. The van der Waals surface area contributed by atoms with Crippen LogP contribution in [0.5, 0.6) is 5.75 Å². The minimum absolute atomic E-state index is 0.152. The van der Waals surface area contributed by atoms with Crippen LogP contribution in [0.15, 0.2) is 22.7 Å². The zero-order chi connectivity index (χ0) is 9.84. The van der Waals surface area contributed by atoms with Crippen molar-refractivity contribution in [3.63, 3.8) is 0 Å². The molecular weight excluding hydrogens is 255 g/mol. The van der Waals surface area contributed by atoms with E-state index in [0.717, 1.165) is 4.47 Å². The standard InChI is InChI=1S/C9H10BrClO2/c1-13-8-4-2-3-6(10)9(8)7(12)5-11/h2-4,7,12H,5H2,1H3. The maximum atomic E-state index is 9.58. The zero-order valence-corrected chi connectivity index (χ0v) is 9.47. The van der Waals surface area contributed by atoms with E-state index in [9.17, 15) is 5.11 Å². The third-order valence-corrected chi connectivity index (χ3v) is 2.70. The number of ether oxygens (including phenoxy) is 1. The van der Waals surface area contributed by atoms with Gasteiger partial charge in [-0.2, -0.15) is 0 Å². The number of aliphatic hydroxyl groups excluding tert-OH is 1. The van der Waals surface area contributed by atoms with Crippen molar-refractivity contribution in [3.8, 4) is 5.75 Å². The summed E-state index contributed by atoms with van der Waals surface area (Å²) in [5, 5.41) is 9.58. The molecule has 1 aromatic rings. The third-order valence-electron chi connectivity index (χ3n) is 1.71. The predicted molar refractivity (Wildman–Crippen MR) is 56.4 cm³/mol. The van der Waals surface area contributed by atoms with E-state index in [1.165, 1.54) is 0 Å². The Balaban J connectivity index is 3.14. The third kappa shape index (κ3) is 2.36. The van der Waals surface area contributed by atoms with Gasteiger partial charge in [-0.05, 0) is 12.1 Å². The van der Waals surface area contributed by atoms with Gasteiger partial charge >= 0.3 is 0 Å². The summed E-state index contributed by atoms with van der Waals surface area (Å²) in [5.74, 6) is 0.793. The average molecular weight is 266 g/mol. The van der Waals surface area contributed by atoms with E-state index in [1.54, 1.807) is 13.2 Å². The molecule has 0 aromatic heterocycles. The maximum Gasteiger partial charge on any atom is 0.125 e. The molecule has 0 saturated heterocycles. The number of rotatable bonds is 3. The summed E-state index contributed by atoms with van der Waals surface area (Å²) in [6, 6.07) is 5.47. The molecule has 0 amide bonds. The molecule has 4 heteroatoms. The summed E-state index contributed by atoms with van der Waals surface area (Å²) in [6.07, 6.45) is -0.702. The molecule has 1 N–H and O–H groups in total. The Morgan fingerprint density at radius 1 is 1.62 bits per heavy atom. The van der Waals surface area contributed by atoms with Crippen LogP contribution in [0.3, 0.4) is 0 Å². The van der Waals surface area contributed by atoms with Gasteiger partial charge in [-0.15, -0.1) is 11.6 Å². The fourth-order valence-electron chi connectivity index (χ4n) is 1.10. The van der Waals surface area contributed by atoms with Gasteiger partial charge in [-0.3, -0.25) is 0 Å².